The van der Waals surface area contributed by atoms with Gasteiger partial charge in [0.2, 0.25) is 0 Å². The van der Waals surface area contributed by atoms with E-state index in [2.05, 4.69) is 5.32 Å². The number of nitrogens with one attached hydrogen (secondary N) is 1. The van der Waals surface area contributed by atoms with E-state index in [1.807, 2.05) is 6.07 Å². The third-order valence-electron chi connectivity index (χ3n) is 3.74. The van der Waals surface area contributed by atoms with Crippen LogP contribution in [0.4, 0.5) is 0 Å². The average molecular weight is 302 g/mol. The fourth-order valence-electron chi connectivity index (χ4n) is 2.59. The summed E-state index contributed by atoms with van der Waals surface area (Å²) >= 11 is 0. The van der Waals surface area contributed by atoms with Crippen LogP contribution in [0.15, 0.2) is 24.3 Å². The lowest BCUT2D eigenvalue weighted by Crippen LogP contribution is -2.41. The van der Waals surface area contributed by atoms with Gasteiger partial charge in [-0.3, -0.25) is 9.59 Å². The molecule has 22 heavy (non-hydrogen) atoms. The molecular formula is C16H18N2O4. The van der Waals surface area contributed by atoms with Gasteiger partial charge in [-0.25, -0.2) is 0 Å². The Labute approximate surface area is 128 Å². The SMILES string of the molecule is N#Cc1ccc(OCC(=O)N[C@@H]2CCC[C@H](C(=O)O)C2)cc1. The second-order valence-electron chi connectivity index (χ2n) is 5.39. The maximum atomic E-state index is 11.8. The first kappa shape index (κ1) is 15.8. The Morgan fingerprint density at radius 2 is 2.05 bits per heavy atom. The summed E-state index contributed by atoms with van der Waals surface area (Å²) in [7, 11) is 0. The molecule has 6 nitrogen and oxygen atoms in total. The van der Waals surface area contributed by atoms with Crippen molar-refractivity contribution in [3.63, 3.8) is 0 Å². The number of nitriles is 1. The van der Waals surface area contributed by atoms with E-state index in [0.29, 0.717) is 24.2 Å². The highest BCUT2D eigenvalue weighted by Crippen LogP contribution is 2.24. The maximum absolute atomic E-state index is 11.8. The minimum absolute atomic E-state index is 0.105. The Kier molecular flexibility index (Phi) is 5.37. The first-order valence-corrected chi connectivity index (χ1v) is 7.23. The molecule has 0 saturated heterocycles. The van der Waals surface area contributed by atoms with Crippen molar-refractivity contribution in [3.8, 4) is 11.8 Å². The number of carbonyl (C=O) groups excluding carboxylic acids is 1. The van der Waals surface area contributed by atoms with Crippen LogP contribution >= 0.6 is 0 Å². The third kappa shape index (κ3) is 4.48. The summed E-state index contributed by atoms with van der Waals surface area (Å²) in [4.78, 5) is 22.8. The zero-order chi connectivity index (χ0) is 15.9. The molecular weight excluding hydrogens is 284 g/mol. The van der Waals surface area contributed by atoms with Crippen LogP contribution in [0.5, 0.6) is 5.75 Å². The van der Waals surface area contributed by atoms with E-state index in [1.165, 1.54) is 0 Å². The summed E-state index contributed by atoms with van der Waals surface area (Å²) in [5, 5.41) is 20.5. The predicted molar refractivity (Wildman–Crippen MR) is 78.2 cm³/mol. The second kappa shape index (κ2) is 7.46. The van der Waals surface area contributed by atoms with Gasteiger partial charge in [-0.2, -0.15) is 5.26 Å². The van der Waals surface area contributed by atoms with Crippen LogP contribution < -0.4 is 10.1 Å². The Bertz CT molecular complexity index is 577. The number of nitrogens with zero attached hydrogens (tertiary/aromatic N) is 1. The largest absolute Gasteiger partial charge is 0.484 e. The molecule has 0 unspecified atom stereocenters. The highest BCUT2D eigenvalue weighted by atomic mass is 16.5. The fourth-order valence-corrected chi connectivity index (χ4v) is 2.59. The molecule has 1 fully saturated rings. The highest BCUT2D eigenvalue weighted by molar-refractivity contribution is 5.78. The number of rotatable bonds is 5. The molecule has 6 heteroatoms. The van der Waals surface area contributed by atoms with Crippen LogP contribution in [0.3, 0.4) is 0 Å². The Balaban J connectivity index is 1.77. The van der Waals surface area contributed by atoms with E-state index in [-0.39, 0.29) is 24.5 Å². The summed E-state index contributed by atoms with van der Waals surface area (Å²) in [6, 6.07) is 8.40. The molecule has 1 saturated carbocycles. The Morgan fingerprint density at radius 1 is 1.32 bits per heavy atom. The molecule has 0 radical (unpaired) electrons. The number of hydrogen-bond donors (Lipinski definition) is 2. The highest BCUT2D eigenvalue weighted by Gasteiger charge is 2.27. The number of carbonyl (C=O) groups is 2. The lowest BCUT2D eigenvalue weighted by atomic mass is 9.86. The Morgan fingerprint density at radius 3 is 2.68 bits per heavy atom. The van der Waals surface area contributed by atoms with Gasteiger partial charge < -0.3 is 15.2 Å². The van der Waals surface area contributed by atoms with Gasteiger partial charge in [0.25, 0.3) is 5.91 Å². The summed E-state index contributed by atoms with van der Waals surface area (Å²) in [6.45, 7) is -0.125. The van der Waals surface area contributed by atoms with E-state index >= 15 is 0 Å². The van der Waals surface area contributed by atoms with Crippen molar-refractivity contribution < 1.29 is 19.4 Å². The van der Waals surface area contributed by atoms with Gasteiger partial charge in [-0.05, 0) is 43.5 Å². The van der Waals surface area contributed by atoms with Crippen molar-refractivity contribution in [2.24, 2.45) is 5.92 Å². The van der Waals surface area contributed by atoms with Crippen molar-refractivity contribution in [1.29, 1.82) is 5.26 Å². The van der Waals surface area contributed by atoms with Gasteiger partial charge in [0.15, 0.2) is 6.61 Å². The van der Waals surface area contributed by atoms with E-state index in [1.54, 1.807) is 24.3 Å². The molecule has 0 spiro atoms. The summed E-state index contributed by atoms with van der Waals surface area (Å²) in [6.07, 6.45) is 2.74. The van der Waals surface area contributed by atoms with E-state index < -0.39 is 5.97 Å². The van der Waals surface area contributed by atoms with Gasteiger partial charge in [0.05, 0.1) is 17.6 Å². The molecule has 2 N–H and O–H groups in total. The van der Waals surface area contributed by atoms with Gasteiger partial charge in [-0.1, -0.05) is 6.42 Å². The van der Waals surface area contributed by atoms with Gasteiger partial charge in [0.1, 0.15) is 5.75 Å². The zero-order valence-corrected chi connectivity index (χ0v) is 12.1. The van der Waals surface area contributed by atoms with Crippen molar-refractivity contribution in [1.82, 2.24) is 5.32 Å². The van der Waals surface area contributed by atoms with Crippen LogP contribution in [0, 0.1) is 17.2 Å². The molecule has 0 aliphatic heterocycles. The lowest BCUT2D eigenvalue weighted by molar-refractivity contribution is -0.143. The molecule has 116 valence electrons. The van der Waals surface area contributed by atoms with Gasteiger partial charge >= 0.3 is 5.97 Å². The summed E-state index contributed by atoms with van der Waals surface area (Å²) in [5.74, 6) is -0.923. The molecule has 1 aliphatic carbocycles. The molecule has 0 heterocycles. The molecule has 2 atom stereocenters. The van der Waals surface area contributed by atoms with Crippen molar-refractivity contribution in [2.45, 2.75) is 31.7 Å². The minimum atomic E-state index is -0.798. The van der Waals surface area contributed by atoms with Crippen molar-refractivity contribution >= 4 is 11.9 Å². The second-order valence-corrected chi connectivity index (χ2v) is 5.39. The minimum Gasteiger partial charge on any atom is -0.484 e. The maximum Gasteiger partial charge on any atom is 0.306 e. The van der Waals surface area contributed by atoms with Gasteiger partial charge in [-0.15, -0.1) is 0 Å². The smallest absolute Gasteiger partial charge is 0.306 e. The van der Waals surface area contributed by atoms with Crippen molar-refractivity contribution in [2.75, 3.05) is 6.61 Å². The first-order chi connectivity index (χ1) is 10.6. The molecule has 1 aromatic rings. The zero-order valence-electron chi connectivity index (χ0n) is 12.1. The molecule has 2 rings (SSSR count). The molecule has 0 bridgehead atoms. The van der Waals surface area contributed by atoms with Crippen LogP contribution in [0.25, 0.3) is 0 Å². The van der Waals surface area contributed by atoms with Crippen LogP contribution in [0.1, 0.15) is 31.2 Å². The fraction of sp³-hybridized carbons (Fsp3) is 0.438. The standard InChI is InChI=1S/C16H18N2O4/c17-9-11-4-6-14(7-5-11)22-10-15(19)18-13-3-1-2-12(8-13)16(20)21/h4-7,12-13H,1-3,8,10H2,(H,18,19)(H,20,21)/t12-,13+/m0/s1. The normalized spacial score (nSPS) is 20.7. The average Bonchev–Trinajstić information content (AvgIpc) is 2.53. The van der Waals surface area contributed by atoms with E-state index in [9.17, 15) is 9.59 Å². The predicted octanol–water partition coefficient (Wildman–Crippen LogP) is 1.70. The van der Waals surface area contributed by atoms with Crippen LogP contribution in [-0.2, 0) is 9.59 Å². The van der Waals surface area contributed by atoms with Crippen LogP contribution in [0.2, 0.25) is 0 Å². The monoisotopic (exact) mass is 302 g/mol. The number of carboxylic acid groups (broad SMARTS) is 1. The number of hydrogen-bond acceptors (Lipinski definition) is 4. The number of benzene rings is 1. The third-order valence-corrected chi connectivity index (χ3v) is 3.74. The molecule has 1 amide bonds. The first-order valence-electron chi connectivity index (χ1n) is 7.23. The molecule has 0 aromatic heterocycles. The topological polar surface area (TPSA) is 99.4 Å². The molecule has 1 aliphatic rings. The number of carboxylic acids is 1. The van der Waals surface area contributed by atoms with E-state index in [4.69, 9.17) is 15.1 Å². The van der Waals surface area contributed by atoms with Gasteiger partial charge in [0, 0.05) is 6.04 Å². The van der Waals surface area contributed by atoms with Crippen molar-refractivity contribution in [3.05, 3.63) is 29.8 Å². The lowest BCUT2D eigenvalue weighted by Gasteiger charge is -2.27. The van der Waals surface area contributed by atoms with E-state index in [0.717, 1.165) is 12.8 Å². The number of amides is 1. The number of ether oxygens (including phenoxy) is 1. The number of aliphatic carboxylic acids is 1. The van der Waals surface area contributed by atoms with Crippen LogP contribution in [-0.4, -0.2) is 29.6 Å². The molecule has 1 aromatic carbocycles. The summed E-state index contributed by atoms with van der Waals surface area (Å²) < 4.78 is 5.35. The Hall–Kier alpha value is -2.55. The quantitative estimate of drug-likeness (QED) is 0.862. The summed E-state index contributed by atoms with van der Waals surface area (Å²) in [5.41, 5.74) is 0.527.